The molecule has 4 heteroatoms. The van der Waals surface area contributed by atoms with Gasteiger partial charge in [0.15, 0.2) is 6.29 Å². The molecule has 0 unspecified atom stereocenters. The summed E-state index contributed by atoms with van der Waals surface area (Å²) in [4.78, 5) is 10.8. The van der Waals surface area contributed by atoms with Crippen LogP contribution in [0.15, 0.2) is 16.6 Å². The summed E-state index contributed by atoms with van der Waals surface area (Å²) in [7, 11) is 0. The topological polar surface area (TPSA) is 26.3 Å². The molecule has 1 aromatic carbocycles. The van der Waals surface area contributed by atoms with Gasteiger partial charge in [0.25, 0.3) is 0 Å². The highest BCUT2D eigenvalue weighted by atomic mass is 79.9. The third-order valence-electron chi connectivity index (χ3n) is 2.77. The number of hydrogen-bond donors (Lipinski definition) is 0. The lowest BCUT2D eigenvalue weighted by molar-refractivity contribution is 0.111. The molecule has 0 spiro atoms. The Balaban J connectivity index is 2.26. The van der Waals surface area contributed by atoms with E-state index in [2.05, 4.69) is 15.9 Å². The van der Waals surface area contributed by atoms with E-state index in [0.717, 1.165) is 25.7 Å². The number of aldehydes is 1. The Kier molecular flexibility index (Phi) is 3.59. The molecule has 2 rings (SSSR count). The van der Waals surface area contributed by atoms with Crippen molar-refractivity contribution < 1.29 is 13.9 Å². The fourth-order valence-electron chi connectivity index (χ4n) is 1.96. The number of hydrogen-bond acceptors (Lipinski definition) is 2. The molecular weight excluding hydrogens is 275 g/mol. The fourth-order valence-corrected chi connectivity index (χ4v) is 2.37. The van der Waals surface area contributed by atoms with Crippen LogP contribution in [0.25, 0.3) is 0 Å². The maximum atomic E-state index is 13.4. The van der Waals surface area contributed by atoms with Crippen molar-refractivity contribution in [3.8, 4) is 5.75 Å². The van der Waals surface area contributed by atoms with Gasteiger partial charge >= 0.3 is 0 Å². The van der Waals surface area contributed by atoms with Crippen LogP contribution in [-0.4, -0.2) is 12.4 Å². The van der Waals surface area contributed by atoms with Crippen LogP contribution in [0.3, 0.4) is 0 Å². The average Bonchev–Trinajstić information content (AvgIpc) is 2.70. The van der Waals surface area contributed by atoms with Gasteiger partial charge in [-0.3, -0.25) is 4.79 Å². The van der Waals surface area contributed by atoms with E-state index in [0.29, 0.717) is 16.5 Å². The van der Waals surface area contributed by atoms with E-state index in [1.807, 2.05) is 0 Å². The third kappa shape index (κ3) is 2.43. The van der Waals surface area contributed by atoms with Crippen LogP contribution in [0, 0.1) is 5.82 Å². The van der Waals surface area contributed by atoms with Crippen molar-refractivity contribution in [3.63, 3.8) is 0 Å². The van der Waals surface area contributed by atoms with Crippen LogP contribution in [-0.2, 0) is 0 Å². The fraction of sp³-hybridized carbons (Fsp3) is 0.417. The second-order valence-corrected chi connectivity index (χ2v) is 4.86. The highest BCUT2D eigenvalue weighted by Gasteiger charge is 2.19. The minimum atomic E-state index is -0.544. The van der Waals surface area contributed by atoms with Crippen LogP contribution < -0.4 is 4.74 Å². The summed E-state index contributed by atoms with van der Waals surface area (Å²) in [5.41, 5.74) is 0.00935. The first kappa shape index (κ1) is 11.6. The van der Waals surface area contributed by atoms with Gasteiger partial charge in [-0.25, -0.2) is 4.39 Å². The minimum absolute atomic E-state index is 0.00935. The monoisotopic (exact) mass is 286 g/mol. The lowest BCUT2D eigenvalue weighted by Crippen LogP contribution is -2.12. The molecule has 1 fully saturated rings. The smallest absolute Gasteiger partial charge is 0.156 e. The molecule has 0 saturated heterocycles. The highest BCUT2D eigenvalue weighted by molar-refractivity contribution is 9.10. The zero-order valence-electron chi connectivity index (χ0n) is 8.71. The second kappa shape index (κ2) is 4.95. The van der Waals surface area contributed by atoms with Crippen LogP contribution in [0.5, 0.6) is 5.75 Å². The van der Waals surface area contributed by atoms with Crippen molar-refractivity contribution in [1.82, 2.24) is 0 Å². The second-order valence-electron chi connectivity index (χ2n) is 3.94. The Morgan fingerprint density at radius 1 is 1.38 bits per heavy atom. The molecule has 1 saturated carbocycles. The predicted molar refractivity (Wildman–Crippen MR) is 62.4 cm³/mol. The van der Waals surface area contributed by atoms with E-state index in [-0.39, 0.29) is 11.7 Å². The summed E-state index contributed by atoms with van der Waals surface area (Å²) in [6, 6.07) is 2.91. The molecule has 0 aliphatic heterocycles. The van der Waals surface area contributed by atoms with Crippen molar-refractivity contribution in [3.05, 3.63) is 28.0 Å². The molecule has 0 heterocycles. The highest BCUT2D eigenvalue weighted by Crippen LogP contribution is 2.30. The molecule has 1 aliphatic carbocycles. The van der Waals surface area contributed by atoms with Crippen molar-refractivity contribution >= 4 is 22.2 Å². The van der Waals surface area contributed by atoms with Gasteiger partial charge in [-0.15, -0.1) is 0 Å². The van der Waals surface area contributed by atoms with E-state index in [9.17, 15) is 9.18 Å². The summed E-state index contributed by atoms with van der Waals surface area (Å²) in [5.74, 6) is -0.203. The molecule has 2 nitrogen and oxygen atoms in total. The molecule has 0 atom stereocenters. The molecule has 86 valence electrons. The summed E-state index contributed by atoms with van der Waals surface area (Å²) < 4.78 is 19.7. The molecular formula is C12H12BrFO2. The zero-order valence-corrected chi connectivity index (χ0v) is 10.3. The van der Waals surface area contributed by atoms with Crippen LogP contribution in [0.2, 0.25) is 0 Å². The van der Waals surface area contributed by atoms with E-state index in [4.69, 9.17) is 4.74 Å². The molecule has 0 aromatic heterocycles. The lowest BCUT2D eigenvalue weighted by atomic mass is 10.2. The SMILES string of the molecule is O=Cc1c(F)cc(Br)cc1OC1CCCC1. The Bertz CT molecular complexity index is 400. The summed E-state index contributed by atoms with van der Waals surface area (Å²) in [5, 5.41) is 0. The summed E-state index contributed by atoms with van der Waals surface area (Å²) in [6.45, 7) is 0. The van der Waals surface area contributed by atoms with Crippen molar-refractivity contribution in [1.29, 1.82) is 0 Å². The van der Waals surface area contributed by atoms with E-state index >= 15 is 0 Å². The Morgan fingerprint density at radius 3 is 2.69 bits per heavy atom. The van der Waals surface area contributed by atoms with E-state index in [1.54, 1.807) is 6.07 Å². The normalized spacial score (nSPS) is 16.4. The number of halogens is 2. The third-order valence-corrected chi connectivity index (χ3v) is 3.23. The van der Waals surface area contributed by atoms with E-state index < -0.39 is 5.82 Å². The molecule has 0 radical (unpaired) electrons. The van der Waals surface area contributed by atoms with Crippen LogP contribution >= 0.6 is 15.9 Å². The molecule has 16 heavy (non-hydrogen) atoms. The number of benzene rings is 1. The maximum absolute atomic E-state index is 13.4. The Labute approximate surface area is 102 Å². The number of ether oxygens (including phenoxy) is 1. The van der Waals surface area contributed by atoms with Crippen molar-refractivity contribution in [2.24, 2.45) is 0 Å². The minimum Gasteiger partial charge on any atom is -0.490 e. The van der Waals surface area contributed by atoms with Gasteiger partial charge in [-0.1, -0.05) is 15.9 Å². The molecule has 0 N–H and O–H groups in total. The maximum Gasteiger partial charge on any atom is 0.156 e. The summed E-state index contributed by atoms with van der Waals surface area (Å²) in [6.07, 6.45) is 4.85. The average molecular weight is 287 g/mol. The van der Waals surface area contributed by atoms with Crippen molar-refractivity contribution in [2.45, 2.75) is 31.8 Å². The Hall–Kier alpha value is -0.900. The van der Waals surface area contributed by atoms with Gasteiger partial charge in [0, 0.05) is 4.47 Å². The lowest BCUT2D eigenvalue weighted by Gasteiger charge is -2.15. The first-order valence-corrected chi connectivity index (χ1v) is 6.11. The molecule has 1 aromatic rings. The molecule has 1 aliphatic rings. The molecule has 0 amide bonds. The molecule has 0 bridgehead atoms. The first-order valence-electron chi connectivity index (χ1n) is 5.31. The summed E-state index contributed by atoms with van der Waals surface area (Å²) >= 11 is 3.19. The van der Waals surface area contributed by atoms with Crippen LogP contribution in [0.4, 0.5) is 4.39 Å². The van der Waals surface area contributed by atoms with Gasteiger partial charge in [-0.2, -0.15) is 0 Å². The number of carbonyl (C=O) groups excluding carboxylic acids is 1. The predicted octanol–water partition coefficient (Wildman–Crippen LogP) is 3.72. The van der Waals surface area contributed by atoms with Gasteiger partial charge in [0.1, 0.15) is 11.6 Å². The van der Waals surface area contributed by atoms with E-state index in [1.165, 1.54) is 6.07 Å². The Morgan fingerprint density at radius 2 is 2.06 bits per heavy atom. The zero-order chi connectivity index (χ0) is 11.5. The van der Waals surface area contributed by atoms with Gasteiger partial charge < -0.3 is 4.74 Å². The van der Waals surface area contributed by atoms with Crippen LogP contribution in [0.1, 0.15) is 36.0 Å². The van der Waals surface area contributed by atoms with Gasteiger partial charge in [-0.05, 0) is 37.8 Å². The van der Waals surface area contributed by atoms with Crippen molar-refractivity contribution in [2.75, 3.05) is 0 Å². The standard InChI is InChI=1S/C12H12BrFO2/c13-8-5-11(14)10(7-15)12(6-8)16-9-3-1-2-4-9/h5-7,9H,1-4H2. The largest absolute Gasteiger partial charge is 0.490 e. The van der Waals surface area contributed by atoms with Gasteiger partial charge in [0.2, 0.25) is 0 Å². The van der Waals surface area contributed by atoms with Gasteiger partial charge in [0.05, 0.1) is 11.7 Å². The number of carbonyl (C=O) groups is 1. The number of rotatable bonds is 3. The first-order chi connectivity index (χ1) is 7.70. The quantitative estimate of drug-likeness (QED) is 0.792.